The van der Waals surface area contributed by atoms with E-state index in [4.69, 9.17) is 0 Å². The molecule has 2 nitrogen and oxygen atoms in total. The molecule has 0 atom stereocenters. The molecular formula is C18H37NO. The highest BCUT2D eigenvalue weighted by atomic mass is 16.1. The molecule has 0 amide bonds. The molecule has 0 aromatic rings. The van der Waals surface area contributed by atoms with Crippen molar-refractivity contribution in [1.29, 1.82) is 0 Å². The van der Waals surface area contributed by atoms with Gasteiger partial charge in [-0.15, -0.1) is 0 Å². The number of hydrogen-bond acceptors (Lipinski definition) is 2. The predicted octanol–water partition coefficient (Wildman–Crippen LogP) is 4.97. The Morgan fingerprint density at radius 2 is 1.35 bits per heavy atom. The Hall–Kier alpha value is -0.370. The summed E-state index contributed by atoms with van der Waals surface area (Å²) in [6.07, 6.45) is 11.2. The van der Waals surface area contributed by atoms with E-state index < -0.39 is 0 Å². The molecule has 0 bridgehead atoms. The molecular weight excluding hydrogens is 246 g/mol. The third-order valence-electron chi connectivity index (χ3n) is 3.61. The highest BCUT2D eigenvalue weighted by molar-refractivity contribution is 5.80. The molecule has 0 saturated heterocycles. The average Bonchev–Trinajstić information content (AvgIpc) is 2.36. The molecule has 0 aromatic carbocycles. The summed E-state index contributed by atoms with van der Waals surface area (Å²) in [6.45, 7) is 10.4. The van der Waals surface area contributed by atoms with E-state index in [1.54, 1.807) is 0 Å². The van der Waals surface area contributed by atoms with Gasteiger partial charge in [0.05, 0.1) is 6.54 Å². The second-order valence-electron chi connectivity index (χ2n) is 6.97. The van der Waals surface area contributed by atoms with Crippen LogP contribution < -0.4 is 5.32 Å². The summed E-state index contributed by atoms with van der Waals surface area (Å²) in [5.74, 6) is 1.85. The smallest absolute Gasteiger partial charge is 0.146 e. The largest absolute Gasteiger partial charge is 0.310 e. The summed E-state index contributed by atoms with van der Waals surface area (Å²) in [4.78, 5) is 11.6. The van der Waals surface area contributed by atoms with Crippen LogP contribution in [0.15, 0.2) is 0 Å². The monoisotopic (exact) mass is 283 g/mol. The summed E-state index contributed by atoms with van der Waals surface area (Å²) in [7, 11) is 0. The molecule has 2 heteroatoms. The fourth-order valence-corrected chi connectivity index (χ4v) is 2.35. The molecule has 0 aliphatic carbocycles. The van der Waals surface area contributed by atoms with Gasteiger partial charge in [-0.3, -0.25) is 4.79 Å². The standard InChI is InChI=1S/C18H37NO/c1-16(2)12-10-8-6-5-7-9-11-13-18(20)15-19-14-17(3)4/h16-17,19H,5-15H2,1-4H3. The molecule has 120 valence electrons. The van der Waals surface area contributed by atoms with Crippen LogP contribution in [0, 0.1) is 11.8 Å². The lowest BCUT2D eigenvalue weighted by atomic mass is 10.0. The van der Waals surface area contributed by atoms with Gasteiger partial charge in [0.25, 0.3) is 0 Å². The Morgan fingerprint density at radius 1 is 0.800 bits per heavy atom. The Bertz CT molecular complexity index is 223. The minimum atomic E-state index is 0.377. The summed E-state index contributed by atoms with van der Waals surface area (Å²) < 4.78 is 0. The Labute approximate surface area is 127 Å². The van der Waals surface area contributed by atoms with Crippen molar-refractivity contribution < 1.29 is 4.79 Å². The lowest BCUT2D eigenvalue weighted by molar-refractivity contribution is -0.118. The van der Waals surface area contributed by atoms with Gasteiger partial charge in [0.1, 0.15) is 5.78 Å². The van der Waals surface area contributed by atoms with Crippen molar-refractivity contribution in [3.63, 3.8) is 0 Å². The molecule has 0 aromatic heterocycles. The highest BCUT2D eigenvalue weighted by Crippen LogP contribution is 2.12. The number of nitrogens with one attached hydrogen (secondary N) is 1. The Kier molecular flexibility index (Phi) is 13.4. The average molecular weight is 284 g/mol. The van der Waals surface area contributed by atoms with Gasteiger partial charge >= 0.3 is 0 Å². The first-order valence-corrected chi connectivity index (χ1v) is 8.74. The van der Waals surface area contributed by atoms with Crippen molar-refractivity contribution in [2.75, 3.05) is 13.1 Å². The van der Waals surface area contributed by atoms with Crippen LogP contribution in [-0.2, 0) is 4.79 Å². The third kappa shape index (κ3) is 15.7. The van der Waals surface area contributed by atoms with E-state index in [1.807, 2.05) is 0 Å². The number of carbonyl (C=O) groups excluding carboxylic acids is 1. The molecule has 0 aliphatic rings. The second-order valence-corrected chi connectivity index (χ2v) is 6.97. The van der Waals surface area contributed by atoms with Crippen molar-refractivity contribution in [2.24, 2.45) is 11.8 Å². The van der Waals surface area contributed by atoms with Crippen LogP contribution in [0.25, 0.3) is 0 Å². The number of Topliss-reactive ketones (excluding diaryl/α,β-unsaturated/α-hetero) is 1. The van der Waals surface area contributed by atoms with Gasteiger partial charge in [-0.05, 0) is 24.8 Å². The van der Waals surface area contributed by atoms with Gasteiger partial charge in [-0.25, -0.2) is 0 Å². The first kappa shape index (κ1) is 19.6. The molecule has 0 saturated carbocycles. The molecule has 0 spiro atoms. The second kappa shape index (κ2) is 13.6. The van der Waals surface area contributed by atoms with Gasteiger partial charge < -0.3 is 5.32 Å². The SMILES string of the molecule is CC(C)CCCCCCCCCC(=O)CNCC(C)C. The number of carbonyl (C=O) groups is 1. The summed E-state index contributed by atoms with van der Waals surface area (Å²) in [6, 6.07) is 0. The Morgan fingerprint density at radius 3 is 1.90 bits per heavy atom. The predicted molar refractivity (Wildman–Crippen MR) is 89.1 cm³/mol. The van der Waals surface area contributed by atoms with E-state index in [9.17, 15) is 4.79 Å². The first-order chi connectivity index (χ1) is 9.52. The molecule has 0 fully saturated rings. The van der Waals surface area contributed by atoms with Crippen LogP contribution in [0.1, 0.15) is 85.5 Å². The topological polar surface area (TPSA) is 29.1 Å². The maximum Gasteiger partial charge on any atom is 0.146 e. The lowest BCUT2D eigenvalue weighted by Gasteiger charge is -2.06. The molecule has 0 heterocycles. The zero-order chi connectivity index (χ0) is 15.2. The molecule has 0 aliphatic heterocycles. The first-order valence-electron chi connectivity index (χ1n) is 8.74. The van der Waals surface area contributed by atoms with Crippen molar-refractivity contribution in [3.8, 4) is 0 Å². The van der Waals surface area contributed by atoms with E-state index in [0.29, 0.717) is 18.2 Å². The number of rotatable bonds is 14. The fraction of sp³-hybridized carbons (Fsp3) is 0.944. The number of ketones is 1. The molecule has 0 radical (unpaired) electrons. The van der Waals surface area contributed by atoms with Crippen molar-refractivity contribution >= 4 is 5.78 Å². The van der Waals surface area contributed by atoms with E-state index >= 15 is 0 Å². The van der Waals surface area contributed by atoms with Gasteiger partial charge in [0.15, 0.2) is 0 Å². The molecule has 0 rings (SSSR count). The van der Waals surface area contributed by atoms with Gasteiger partial charge in [-0.2, -0.15) is 0 Å². The van der Waals surface area contributed by atoms with Crippen molar-refractivity contribution in [1.82, 2.24) is 5.32 Å². The zero-order valence-electron chi connectivity index (χ0n) is 14.3. The number of unbranched alkanes of at least 4 members (excludes halogenated alkanes) is 6. The van der Waals surface area contributed by atoms with Crippen LogP contribution in [0.2, 0.25) is 0 Å². The molecule has 1 N–H and O–H groups in total. The van der Waals surface area contributed by atoms with Crippen LogP contribution in [0.4, 0.5) is 0 Å². The molecule has 20 heavy (non-hydrogen) atoms. The third-order valence-corrected chi connectivity index (χ3v) is 3.61. The lowest BCUT2D eigenvalue weighted by Crippen LogP contribution is -2.26. The summed E-state index contributed by atoms with van der Waals surface area (Å²) in [5.41, 5.74) is 0. The van der Waals surface area contributed by atoms with E-state index in [0.717, 1.165) is 25.3 Å². The van der Waals surface area contributed by atoms with Crippen molar-refractivity contribution in [3.05, 3.63) is 0 Å². The van der Waals surface area contributed by atoms with Crippen LogP contribution in [0.5, 0.6) is 0 Å². The number of hydrogen-bond donors (Lipinski definition) is 1. The normalized spacial score (nSPS) is 11.5. The fourth-order valence-electron chi connectivity index (χ4n) is 2.35. The van der Waals surface area contributed by atoms with E-state index in [-0.39, 0.29) is 0 Å². The quantitative estimate of drug-likeness (QED) is 0.456. The summed E-state index contributed by atoms with van der Waals surface area (Å²) in [5, 5.41) is 3.22. The maximum absolute atomic E-state index is 11.6. The Balaban J connectivity index is 3.17. The minimum absolute atomic E-state index is 0.377. The van der Waals surface area contributed by atoms with Crippen LogP contribution >= 0.6 is 0 Å². The van der Waals surface area contributed by atoms with Crippen LogP contribution in [0.3, 0.4) is 0 Å². The van der Waals surface area contributed by atoms with Gasteiger partial charge in [-0.1, -0.05) is 72.6 Å². The minimum Gasteiger partial charge on any atom is -0.310 e. The van der Waals surface area contributed by atoms with Crippen LogP contribution in [-0.4, -0.2) is 18.9 Å². The van der Waals surface area contributed by atoms with Crippen molar-refractivity contribution in [2.45, 2.75) is 85.5 Å². The van der Waals surface area contributed by atoms with Gasteiger partial charge in [0.2, 0.25) is 0 Å². The summed E-state index contributed by atoms with van der Waals surface area (Å²) >= 11 is 0. The van der Waals surface area contributed by atoms with Gasteiger partial charge in [0, 0.05) is 6.42 Å². The van der Waals surface area contributed by atoms with E-state index in [2.05, 4.69) is 33.0 Å². The van der Waals surface area contributed by atoms with E-state index in [1.165, 1.54) is 44.9 Å². The molecule has 0 unspecified atom stereocenters. The highest BCUT2D eigenvalue weighted by Gasteiger charge is 2.02. The zero-order valence-corrected chi connectivity index (χ0v) is 14.3. The maximum atomic E-state index is 11.6.